The standard InChI is InChI=1S/C24H32N4O5/c1-17(30)15-19(16-29)25-23(32)21-10-6-14-27-13-5-9-20(24(33)28(21)27)26-22(31)12-11-18-7-3-2-4-8-18/h2-4,7-8,16,19-21H,5-6,9-15H2,1H3,(H,25,32)(H,26,31)/t19-,20-,21-/m0/s1. The van der Waals surface area contributed by atoms with Crippen molar-refractivity contribution in [2.45, 2.75) is 70.0 Å². The number of fused-ring (bicyclic) bond motifs is 1. The molecule has 178 valence electrons. The number of ketones is 1. The van der Waals surface area contributed by atoms with Gasteiger partial charge in [-0.25, -0.2) is 5.01 Å². The molecular formula is C24H32N4O5. The van der Waals surface area contributed by atoms with E-state index < -0.39 is 24.0 Å². The lowest BCUT2D eigenvalue weighted by Crippen LogP contribution is -2.63. The maximum atomic E-state index is 13.4. The molecule has 9 heteroatoms. The summed E-state index contributed by atoms with van der Waals surface area (Å²) in [7, 11) is 0. The molecule has 2 saturated heterocycles. The highest BCUT2D eigenvalue weighted by Gasteiger charge is 2.42. The molecular weight excluding hydrogens is 424 g/mol. The van der Waals surface area contributed by atoms with Crippen LogP contribution in [0, 0.1) is 0 Å². The van der Waals surface area contributed by atoms with Gasteiger partial charge in [-0.15, -0.1) is 0 Å². The Bertz CT molecular complexity index is 875. The number of nitrogens with one attached hydrogen (secondary N) is 2. The first-order valence-electron chi connectivity index (χ1n) is 11.6. The normalized spacial score (nSPS) is 22.0. The van der Waals surface area contributed by atoms with Crippen LogP contribution in [0.4, 0.5) is 0 Å². The van der Waals surface area contributed by atoms with Crippen LogP contribution in [0.3, 0.4) is 0 Å². The molecule has 0 saturated carbocycles. The van der Waals surface area contributed by atoms with Gasteiger partial charge in [0.15, 0.2) is 0 Å². The van der Waals surface area contributed by atoms with Crippen molar-refractivity contribution in [1.82, 2.24) is 20.7 Å². The summed E-state index contributed by atoms with van der Waals surface area (Å²) >= 11 is 0. The van der Waals surface area contributed by atoms with Crippen molar-refractivity contribution in [1.29, 1.82) is 0 Å². The van der Waals surface area contributed by atoms with Gasteiger partial charge in [0.05, 0.1) is 6.04 Å². The van der Waals surface area contributed by atoms with Gasteiger partial charge in [0.1, 0.15) is 24.2 Å². The van der Waals surface area contributed by atoms with Crippen molar-refractivity contribution in [3.63, 3.8) is 0 Å². The number of nitrogens with zero attached hydrogens (tertiary/aromatic N) is 2. The van der Waals surface area contributed by atoms with Crippen LogP contribution < -0.4 is 10.6 Å². The summed E-state index contributed by atoms with van der Waals surface area (Å²) in [6.07, 6.45) is 3.70. The fourth-order valence-corrected chi connectivity index (χ4v) is 4.43. The van der Waals surface area contributed by atoms with Crippen molar-refractivity contribution in [3.05, 3.63) is 35.9 Å². The van der Waals surface area contributed by atoms with Gasteiger partial charge in [0, 0.05) is 25.9 Å². The van der Waals surface area contributed by atoms with E-state index in [0.29, 0.717) is 45.1 Å². The molecule has 0 bridgehead atoms. The Morgan fingerprint density at radius 1 is 1.12 bits per heavy atom. The molecule has 0 unspecified atom stereocenters. The zero-order chi connectivity index (χ0) is 23.8. The Morgan fingerprint density at radius 2 is 1.82 bits per heavy atom. The second-order valence-electron chi connectivity index (χ2n) is 8.70. The maximum Gasteiger partial charge on any atom is 0.260 e. The number of Topliss-reactive ketones (excluding diaryl/α,β-unsaturated/α-hetero) is 1. The number of benzene rings is 1. The van der Waals surface area contributed by atoms with Crippen molar-refractivity contribution in [2.75, 3.05) is 13.1 Å². The minimum Gasteiger partial charge on any atom is -0.344 e. The third kappa shape index (κ3) is 6.71. The Balaban J connectivity index is 1.65. The third-order valence-electron chi connectivity index (χ3n) is 6.05. The molecule has 3 atom stereocenters. The van der Waals surface area contributed by atoms with Gasteiger partial charge in [-0.2, -0.15) is 0 Å². The van der Waals surface area contributed by atoms with Gasteiger partial charge < -0.3 is 15.4 Å². The molecule has 2 fully saturated rings. The summed E-state index contributed by atoms with van der Waals surface area (Å²) in [5, 5.41) is 8.79. The molecule has 2 aliphatic rings. The molecule has 9 nitrogen and oxygen atoms in total. The number of hydrazine groups is 1. The van der Waals surface area contributed by atoms with E-state index >= 15 is 0 Å². The predicted octanol–water partition coefficient (Wildman–Crippen LogP) is 0.769. The molecule has 1 aromatic carbocycles. The first-order valence-corrected chi connectivity index (χ1v) is 11.6. The molecule has 0 radical (unpaired) electrons. The lowest BCUT2D eigenvalue weighted by atomic mass is 10.0. The van der Waals surface area contributed by atoms with E-state index in [2.05, 4.69) is 10.6 Å². The molecule has 2 heterocycles. The lowest BCUT2D eigenvalue weighted by Gasteiger charge is -2.43. The number of hydrogen-bond donors (Lipinski definition) is 2. The highest BCUT2D eigenvalue weighted by Crippen LogP contribution is 2.24. The topological polar surface area (TPSA) is 116 Å². The largest absolute Gasteiger partial charge is 0.344 e. The summed E-state index contributed by atoms with van der Waals surface area (Å²) in [6.45, 7) is 2.61. The van der Waals surface area contributed by atoms with Crippen LogP contribution in [0.15, 0.2) is 30.3 Å². The summed E-state index contributed by atoms with van der Waals surface area (Å²) in [6, 6.07) is 7.28. The summed E-state index contributed by atoms with van der Waals surface area (Å²) < 4.78 is 0. The molecule has 1 aromatic rings. The van der Waals surface area contributed by atoms with Crippen molar-refractivity contribution in [3.8, 4) is 0 Å². The van der Waals surface area contributed by atoms with Crippen molar-refractivity contribution in [2.24, 2.45) is 0 Å². The van der Waals surface area contributed by atoms with Crippen molar-refractivity contribution >= 4 is 29.8 Å². The van der Waals surface area contributed by atoms with E-state index in [4.69, 9.17) is 0 Å². The van der Waals surface area contributed by atoms with Gasteiger partial charge in [0.25, 0.3) is 5.91 Å². The molecule has 3 amide bonds. The molecule has 0 aliphatic carbocycles. The van der Waals surface area contributed by atoms with Crippen LogP contribution >= 0.6 is 0 Å². The fraction of sp³-hybridized carbons (Fsp3) is 0.542. The van der Waals surface area contributed by atoms with Gasteiger partial charge >= 0.3 is 0 Å². The van der Waals surface area contributed by atoms with Gasteiger partial charge in [-0.05, 0) is 44.6 Å². The summed E-state index contributed by atoms with van der Waals surface area (Å²) in [4.78, 5) is 61.6. The van der Waals surface area contributed by atoms with E-state index in [1.54, 1.807) is 0 Å². The van der Waals surface area contributed by atoms with Crippen LogP contribution in [-0.4, -0.2) is 71.0 Å². The zero-order valence-electron chi connectivity index (χ0n) is 19.0. The molecule has 33 heavy (non-hydrogen) atoms. The monoisotopic (exact) mass is 456 g/mol. The van der Waals surface area contributed by atoms with Crippen LogP contribution in [-0.2, 0) is 30.4 Å². The SMILES string of the molecule is CC(=O)C[C@@H](C=O)NC(=O)[C@@H]1CCCN2CCC[C@H](NC(=O)CCc3ccccc3)C(=O)N12. The summed E-state index contributed by atoms with van der Waals surface area (Å²) in [5.41, 5.74) is 1.05. The second kappa shape index (κ2) is 11.7. The highest BCUT2D eigenvalue weighted by atomic mass is 16.2. The van der Waals surface area contributed by atoms with Crippen LogP contribution in [0.25, 0.3) is 0 Å². The van der Waals surface area contributed by atoms with Crippen LogP contribution in [0.1, 0.15) is 51.0 Å². The summed E-state index contributed by atoms with van der Waals surface area (Å²) in [5.74, 6) is -1.18. The first kappa shape index (κ1) is 24.6. The van der Waals surface area contributed by atoms with E-state index in [0.717, 1.165) is 12.0 Å². The van der Waals surface area contributed by atoms with Gasteiger partial charge in [-0.3, -0.25) is 24.2 Å². The van der Waals surface area contributed by atoms with Crippen LogP contribution in [0.2, 0.25) is 0 Å². The highest BCUT2D eigenvalue weighted by molar-refractivity contribution is 5.93. The average Bonchev–Trinajstić information content (AvgIpc) is 2.96. The van der Waals surface area contributed by atoms with E-state index in [1.165, 1.54) is 11.9 Å². The number of rotatable bonds is 9. The number of aldehydes is 1. The Morgan fingerprint density at radius 3 is 2.48 bits per heavy atom. The minimum absolute atomic E-state index is 0.0836. The van der Waals surface area contributed by atoms with E-state index in [-0.39, 0.29) is 30.4 Å². The molecule has 2 aliphatic heterocycles. The number of hydrogen-bond acceptors (Lipinski definition) is 6. The van der Waals surface area contributed by atoms with E-state index in [9.17, 15) is 24.0 Å². The number of carbonyl (C=O) groups is 5. The predicted molar refractivity (Wildman–Crippen MR) is 121 cm³/mol. The third-order valence-corrected chi connectivity index (χ3v) is 6.05. The Hall–Kier alpha value is -3.07. The minimum atomic E-state index is -0.916. The fourth-order valence-electron chi connectivity index (χ4n) is 4.43. The Kier molecular flexibility index (Phi) is 8.71. The van der Waals surface area contributed by atoms with Gasteiger partial charge in [-0.1, -0.05) is 30.3 Å². The first-order chi connectivity index (χ1) is 15.9. The smallest absolute Gasteiger partial charge is 0.260 e. The average molecular weight is 457 g/mol. The van der Waals surface area contributed by atoms with E-state index in [1.807, 2.05) is 35.3 Å². The van der Waals surface area contributed by atoms with Gasteiger partial charge in [0.2, 0.25) is 11.8 Å². The lowest BCUT2D eigenvalue weighted by molar-refractivity contribution is -0.167. The molecule has 3 rings (SSSR count). The molecule has 2 N–H and O–H groups in total. The number of carbonyl (C=O) groups excluding carboxylic acids is 5. The maximum absolute atomic E-state index is 13.4. The van der Waals surface area contributed by atoms with Crippen LogP contribution in [0.5, 0.6) is 0 Å². The number of amides is 3. The zero-order valence-corrected chi connectivity index (χ0v) is 19.0. The Labute approximate surface area is 193 Å². The molecule has 0 aromatic heterocycles. The van der Waals surface area contributed by atoms with Crippen molar-refractivity contribution < 1.29 is 24.0 Å². The molecule has 0 spiro atoms. The number of aryl methyl sites for hydroxylation is 1. The second-order valence-corrected chi connectivity index (χ2v) is 8.70. The quantitative estimate of drug-likeness (QED) is 0.531.